The number of anilines is 1. The van der Waals surface area contributed by atoms with Crippen LogP contribution in [-0.4, -0.2) is 62.7 Å². The molecule has 0 atom stereocenters. The van der Waals surface area contributed by atoms with Crippen molar-refractivity contribution < 1.29 is 31.9 Å². The largest absolute Gasteiger partial charge is 0.495 e. The number of esters is 1. The lowest BCUT2D eigenvalue weighted by molar-refractivity contribution is -0.151. The van der Waals surface area contributed by atoms with E-state index >= 15 is 0 Å². The number of amides is 1. The van der Waals surface area contributed by atoms with Crippen molar-refractivity contribution in [1.82, 2.24) is 9.88 Å². The van der Waals surface area contributed by atoms with Crippen LogP contribution in [0.25, 0.3) is 11.1 Å². The van der Waals surface area contributed by atoms with Gasteiger partial charge in [-0.2, -0.15) is 0 Å². The van der Waals surface area contributed by atoms with Crippen LogP contribution in [0.3, 0.4) is 0 Å². The summed E-state index contributed by atoms with van der Waals surface area (Å²) in [6.07, 6.45) is 1.16. The zero-order valence-corrected chi connectivity index (χ0v) is 21.6. The second-order valence-electron chi connectivity index (χ2n) is 8.11. The number of para-hydroxylation sites is 2. The molecule has 1 aliphatic rings. The van der Waals surface area contributed by atoms with Crippen molar-refractivity contribution in [1.29, 1.82) is 0 Å². The molecule has 1 N–H and O–H groups in total. The van der Waals surface area contributed by atoms with Gasteiger partial charge in [-0.25, -0.2) is 13.4 Å². The maximum Gasteiger partial charge on any atom is 0.309 e. The van der Waals surface area contributed by atoms with Gasteiger partial charge >= 0.3 is 5.97 Å². The number of sulfonamides is 1. The number of thioether (sulfide) groups is 1. The lowest BCUT2D eigenvalue weighted by atomic mass is 9.97. The fourth-order valence-corrected chi connectivity index (χ4v) is 5.72. The van der Waals surface area contributed by atoms with Gasteiger partial charge < -0.3 is 18.8 Å². The van der Waals surface area contributed by atoms with Crippen LogP contribution in [0.4, 0.5) is 5.69 Å². The second-order valence-corrected chi connectivity index (χ2v) is 10.7. The first-order chi connectivity index (χ1) is 17.3. The molecule has 192 valence electrons. The zero-order chi connectivity index (χ0) is 25.7. The summed E-state index contributed by atoms with van der Waals surface area (Å²) < 4.78 is 44.3. The summed E-state index contributed by atoms with van der Waals surface area (Å²) in [6, 6.07) is 11.1. The number of methoxy groups -OCH3 is 1. The van der Waals surface area contributed by atoms with E-state index in [2.05, 4.69) is 9.71 Å². The topological polar surface area (TPSA) is 128 Å². The van der Waals surface area contributed by atoms with Crippen molar-refractivity contribution >= 4 is 50.4 Å². The maximum atomic E-state index is 12.9. The monoisotopic (exact) mass is 533 g/mol. The minimum absolute atomic E-state index is 0.0197. The van der Waals surface area contributed by atoms with Crippen LogP contribution in [0.15, 0.2) is 57.0 Å². The summed E-state index contributed by atoms with van der Waals surface area (Å²) >= 11 is 1.14. The Kier molecular flexibility index (Phi) is 8.04. The average molecular weight is 534 g/mol. The highest BCUT2D eigenvalue weighted by atomic mass is 32.2. The normalized spacial score (nSPS) is 14.6. The van der Waals surface area contributed by atoms with Crippen LogP contribution in [0.5, 0.6) is 5.75 Å². The van der Waals surface area contributed by atoms with Gasteiger partial charge in [0.2, 0.25) is 5.91 Å². The molecular weight excluding hydrogens is 506 g/mol. The van der Waals surface area contributed by atoms with Crippen molar-refractivity contribution in [3.05, 3.63) is 42.5 Å². The van der Waals surface area contributed by atoms with E-state index in [0.29, 0.717) is 55.1 Å². The van der Waals surface area contributed by atoms with Gasteiger partial charge in [0, 0.05) is 13.1 Å². The summed E-state index contributed by atoms with van der Waals surface area (Å²) in [5.74, 6) is 0.0784. The molecule has 1 saturated heterocycles. The van der Waals surface area contributed by atoms with Crippen LogP contribution >= 0.6 is 11.8 Å². The summed E-state index contributed by atoms with van der Waals surface area (Å²) in [5.41, 5.74) is 1.10. The number of carbonyl (C=O) groups excluding carboxylic acids is 2. The highest BCUT2D eigenvalue weighted by Gasteiger charge is 2.28. The molecule has 2 aromatic carbocycles. The minimum atomic E-state index is -3.90. The number of aromatic nitrogens is 1. The number of likely N-dealkylation sites (tertiary alicyclic amines) is 1. The lowest BCUT2D eigenvalue weighted by Gasteiger charge is -2.30. The highest BCUT2D eigenvalue weighted by molar-refractivity contribution is 7.99. The Morgan fingerprint density at radius 1 is 1.19 bits per heavy atom. The Hall–Kier alpha value is -3.25. The molecular formula is C24H27N3O7S2. The maximum absolute atomic E-state index is 12.9. The Morgan fingerprint density at radius 2 is 1.94 bits per heavy atom. The minimum Gasteiger partial charge on any atom is -0.495 e. The average Bonchev–Trinajstić information content (AvgIpc) is 3.30. The van der Waals surface area contributed by atoms with E-state index in [1.165, 1.54) is 25.3 Å². The van der Waals surface area contributed by atoms with Crippen molar-refractivity contribution in [3.8, 4) is 5.75 Å². The number of carbonyl (C=O) groups is 2. The first-order valence-electron chi connectivity index (χ1n) is 11.4. The van der Waals surface area contributed by atoms with Gasteiger partial charge in [-0.1, -0.05) is 23.9 Å². The molecule has 10 nitrogen and oxygen atoms in total. The van der Waals surface area contributed by atoms with E-state index in [9.17, 15) is 18.0 Å². The molecule has 3 aromatic rings. The lowest BCUT2D eigenvalue weighted by Crippen LogP contribution is -2.41. The molecule has 0 unspecified atom stereocenters. The number of piperidine rings is 1. The Morgan fingerprint density at radius 3 is 2.67 bits per heavy atom. The zero-order valence-electron chi connectivity index (χ0n) is 19.9. The number of fused-ring (bicyclic) bond motifs is 1. The summed E-state index contributed by atoms with van der Waals surface area (Å²) in [6.45, 7) is 3.12. The standard InChI is InChI=1S/C24H27N3O7S2/c1-3-33-23(29)16-10-12-27(13-11-16)22(28)15-35-24-25-19-14-17(8-9-21(19)34-24)36(30,31)26-18-6-4-5-7-20(18)32-2/h4-9,14,16,26H,3,10-13,15H2,1-2H3. The van der Waals surface area contributed by atoms with E-state index in [1.54, 1.807) is 36.1 Å². The number of hydrogen-bond donors (Lipinski definition) is 1. The number of oxazole rings is 1. The van der Waals surface area contributed by atoms with Crippen LogP contribution < -0.4 is 9.46 Å². The van der Waals surface area contributed by atoms with Gasteiger partial charge in [0.25, 0.3) is 15.2 Å². The third-order valence-corrected chi connectivity index (χ3v) is 7.96. The Labute approximate surface area is 213 Å². The van der Waals surface area contributed by atoms with Gasteiger partial charge in [-0.05, 0) is 50.1 Å². The molecule has 36 heavy (non-hydrogen) atoms. The van der Waals surface area contributed by atoms with Crippen molar-refractivity contribution in [3.63, 3.8) is 0 Å². The number of hydrogen-bond acceptors (Lipinski definition) is 9. The summed E-state index contributed by atoms with van der Waals surface area (Å²) in [7, 11) is -2.43. The molecule has 12 heteroatoms. The quantitative estimate of drug-likeness (QED) is 0.324. The first kappa shape index (κ1) is 25.8. The molecule has 1 aliphatic heterocycles. The summed E-state index contributed by atoms with van der Waals surface area (Å²) in [4.78, 5) is 30.6. The smallest absolute Gasteiger partial charge is 0.309 e. The number of rotatable bonds is 9. The second kappa shape index (κ2) is 11.2. The molecule has 1 fully saturated rings. The predicted molar refractivity (Wildman–Crippen MR) is 134 cm³/mol. The number of nitrogens with zero attached hydrogens (tertiary/aromatic N) is 2. The van der Waals surface area contributed by atoms with Gasteiger partial charge in [0.1, 0.15) is 11.3 Å². The molecule has 0 radical (unpaired) electrons. The number of benzene rings is 2. The van der Waals surface area contributed by atoms with Gasteiger partial charge in [-0.15, -0.1) is 0 Å². The van der Waals surface area contributed by atoms with Gasteiger partial charge in [-0.3, -0.25) is 14.3 Å². The number of ether oxygens (including phenoxy) is 2. The first-order valence-corrected chi connectivity index (χ1v) is 13.9. The molecule has 1 amide bonds. The fraction of sp³-hybridized carbons (Fsp3) is 0.375. The fourth-order valence-electron chi connectivity index (χ4n) is 3.89. The van der Waals surface area contributed by atoms with E-state index in [4.69, 9.17) is 13.9 Å². The van der Waals surface area contributed by atoms with Crippen LogP contribution in [0.1, 0.15) is 19.8 Å². The van der Waals surface area contributed by atoms with Gasteiger partial charge in [0.15, 0.2) is 5.58 Å². The van der Waals surface area contributed by atoms with Crippen molar-refractivity contribution in [2.75, 3.05) is 37.3 Å². The van der Waals surface area contributed by atoms with Gasteiger partial charge in [0.05, 0.1) is 36.0 Å². The molecule has 0 bridgehead atoms. The molecule has 4 rings (SSSR count). The highest BCUT2D eigenvalue weighted by Crippen LogP contribution is 2.29. The third kappa shape index (κ3) is 5.93. The number of nitrogens with one attached hydrogen (secondary N) is 1. The van der Waals surface area contributed by atoms with Crippen LogP contribution in [0.2, 0.25) is 0 Å². The van der Waals surface area contributed by atoms with E-state index in [1.807, 2.05) is 0 Å². The predicted octanol–water partition coefficient (Wildman–Crippen LogP) is 3.53. The molecule has 1 aromatic heterocycles. The van der Waals surface area contributed by atoms with Crippen molar-refractivity contribution in [2.45, 2.75) is 29.9 Å². The van der Waals surface area contributed by atoms with Crippen molar-refractivity contribution in [2.24, 2.45) is 5.92 Å². The van der Waals surface area contributed by atoms with Crippen LogP contribution in [0, 0.1) is 5.92 Å². The Balaban J connectivity index is 1.38. The van der Waals surface area contributed by atoms with E-state index in [0.717, 1.165) is 11.8 Å². The van der Waals surface area contributed by atoms with E-state index < -0.39 is 10.0 Å². The third-order valence-electron chi connectivity index (χ3n) is 5.79. The Bertz CT molecular complexity index is 1350. The van der Waals surface area contributed by atoms with E-state index in [-0.39, 0.29) is 33.7 Å². The molecule has 0 aliphatic carbocycles. The van der Waals surface area contributed by atoms with Crippen LogP contribution in [-0.2, 0) is 24.3 Å². The summed E-state index contributed by atoms with van der Waals surface area (Å²) in [5, 5.41) is 0.270. The molecule has 0 spiro atoms. The SMILES string of the molecule is CCOC(=O)C1CCN(C(=O)CSc2nc3cc(S(=O)(=O)Nc4ccccc4OC)ccc3o2)CC1. The molecule has 2 heterocycles. The molecule has 0 saturated carbocycles.